The minimum absolute atomic E-state index is 0.122. The van der Waals surface area contributed by atoms with E-state index >= 15 is 0 Å². The van der Waals surface area contributed by atoms with Gasteiger partial charge < -0.3 is 15.3 Å². The number of hydrogen-bond donors (Lipinski definition) is 2. The van der Waals surface area contributed by atoms with E-state index < -0.39 is 5.97 Å². The molecule has 0 aromatic heterocycles. The minimum atomic E-state index is -0.814. The first-order valence-electron chi connectivity index (χ1n) is 5.18. The topological polar surface area (TPSA) is 69.6 Å². The lowest BCUT2D eigenvalue weighted by molar-refractivity contribution is -0.146. The van der Waals surface area contributed by atoms with Crippen molar-refractivity contribution in [2.24, 2.45) is 11.3 Å². The molecule has 84 valence electrons. The van der Waals surface area contributed by atoms with Gasteiger partial charge in [0, 0.05) is 19.1 Å². The Balaban J connectivity index is 1.73. The third-order valence-corrected chi connectivity index (χ3v) is 3.33. The summed E-state index contributed by atoms with van der Waals surface area (Å²) in [7, 11) is 0. The predicted octanol–water partition coefficient (Wildman–Crippen LogP) is 0.511. The van der Waals surface area contributed by atoms with Crippen LogP contribution < -0.4 is 5.32 Å². The van der Waals surface area contributed by atoms with Crippen molar-refractivity contribution in [2.45, 2.75) is 26.3 Å². The quantitative estimate of drug-likeness (QED) is 0.700. The first-order chi connectivity index (χ1) is 6.90. The second-order valence-electron chi connectivity index (χ2n) is 5.13. The zero-order valence-corrected chi connectivity index (χ0v) is 8.99. The molecule has 0 bridgehead atoms. The van der Waals surface area contributed by atoms with Gasteiger partial charge >= 0.3 is 12.0 Å². The summed E-state index contributed by atoms with van der Waals surface area (Å²) in [6, 6.07) is 0.136. The van der Waals surface area contributed by atoms with E-state index in [0.717, 1.165) is 6.42 Å². The summed E-state index contributed by atoms with van der Waals surface area (Å²) < 4.78 is 0. The van der Waals surface area contributed by atoms with Crippen molar-refractivity contribution >= 4 is 12.0 Å². The average Bonchev–Trinajstić information content (AvgIpc) is 2.53. The number of likely N-dealkylation sites (tertiary alicyclic amines) is 1. The summed E-state index contributed by atoms with van der Waals surface area (Å²) in [6.45, 7) is 4.89. The summed E-state index contributed by atoms with van der Waals surface area (Å²) >= 11 is 0. The van der Waals surface area contributed by atoms with Gasteiger partial charge in [0.1, 0.15) is 0 Å². The number of hydrogen-bond acceptors (Lipinski definition) is 2. The highest BCUT2D eigenvalue weighted by Gasteiger charge is 2.48. The lowest BCUT2D eigenvalue weighted by Crippen LogP contribution is -2.56. The van der Waals surface area contributed by atoms with Crippen molar-refractivity contribution in [3.63, 3.8) is 0 Å². The highest BCUT2D eigenvalue weighted by Crippen LogP contribution is 2.44. The van der Waals surface area contributed by atoms with Crippen molar-refractivity contribution in [2.75, 3.05) is 13.1 Å². The fourth-order valence-electron chi connectivity index (χ4n) is 1.75. The maximum absolute atomic E-state index is 11.6. The predicted molar refractivity (Wildman–Crippen MR) is 53.4 cm³/mol. The largest absolute Gasteiger partial charge is 0.481 e. The smallest absolute Gasteiger partial charge is 0.317 e. The Morgan fingerprint density at radius 2 is 1.93 bits per heavy atom. The second-order valence-corrected chi connectivity index (χ2v) is 5.13. The summed E-state index contributed by atoms with van der Waals surface area (Å²) in [6.07, 6.45) is 1.01. The van der Waals surface area contributed by atoms with Crippen LogP contribution >= 0.6 is 0 Å². The highest BCUT2D eigenvalue weighted by molar-refractivity contribution is 5.80. The number of amides is 2. The molecule has 1 atom stereocenters. The molecule has 5 heteroatoms. The Bertz CT molecular complexity index is 308. The molecule has 1 saturated carbocycles. The van der Waals surface area contributed by atoms with Gasteiger partial charge in [-0.25, -0.2) is 4.79 Å². The van der Waals surface area contributed by atoms with Crippen LogP contribution in [-0.2, 0) is 4.79 Å². The number of carbonyl (C=O) groups excluding carboxylic acids is 1. The molecule has 2 amide bonds. The van der Waals surface area contributed by atoms with Crippen LogP contribution in [0.3, 0.4) is 0 Å². The molecule has 0 aromatic rings. The summed E-state index contributed by atoms with van der Waals surface area (Å²) in [5, 5.41) is 11.6. The van der Waals surface area contributed by atoms with Crippen molar-refractivity contribution in [1.82, 2.24) is 10.2 Å². The molecule has 15 heavy (non-hydrogen) atoms. The van der Waals surface area contributed by atoms with Crippen LogP contribution in [0.2, 0.25) is 0 Å². The van der Waals surface area contributed by atoms with Gasteiger partial charge in [-0.05, 0) is 11.8 Å². The number of urea groups is 1. The van der Waals surface area contributed by atoms with Crippen LogP contribution in [0.4, 0.5) is 4.79 Å². The zero-order valence-electron chi connectivity index (χ0n) is 8.99. The third-order valence-electron chi connectivity index (χ3n) is 3.33. The van der Waals surface area contributed by atoms with Crippen molar-refractivity contribution in [1.29, 1.82) is 0 Å². The Hall–Kier alpha value is -1.26. The fourth-order valence-corrected chi connectivity index (χ4v) is 1.75. The van der Waals surface area contributed by atoms with E-state index in [1.165, 1.54) is 0 Å². The van der Waals surface area contributed by atoms with E-state index in [4.69, 9.17) is 5.11 Å². The molecule has 0 spiro atoms. The molecule has 1 saturated heterocycles. The number of carbonyl (C=O) groups is 2. The van der Waals surface area contributed by atoms with Crippen molar-refractivity contribution in [3.05, 3.63) is 0 Å². The first kappa shape index (κ1) is 10.3. The van der Waals surface area contributed by atoms with Crippen molar-refractivity contribution < 1.29 is 14.7 Å². The molecule has 5 nitrogen and oxygen atoms in total. The molecular weight excluding hydrogens is 196 g/mol. The van der Waals surface area contributed by atoms with Crippen LogP contribution in [-0.4, -0.2) is 41.1 Å². The van der Waals surface area contributed by atoms with Gasteiger partial charge in [0.25, 0.3) is 0 Å². The van der Waals surface area contributed by atoms with Crippen LogP contribution in [0.1, 0.15) is 20.3 Å². The summed E-state index contributed by atoms with van der Waals surface area (Å²) in [5.74, 6) is -1.19. The van der Waals surface area contributed by atoms with E-state index in [9.17, 15) is 9.59 Å². The number of nitrogens with zero attached hydrogens (tertiary/aromatic N) is 1. The van der Waals surface area contributed by atoms with Gasteiger partial charge in [-0.1, -0.05) is 13.8 Å². The van der Waals surface area contributed by atoms with E-state index in [1.54, 1.807) is 4.90 Å². The zero-order chi connectivity index (χ0) is 11.2. The lowest BCUT2D eigenvalue weighted by Gasteiger charge is -2.36. The van der Waals surface area contributed by atoms with Gasteiger partial charge in [-0.15, -0.1) is 0 Å². The number of aliphatic carboxylic acids is 1. The maximum Gasteiger partial charge on any atom is 0.317 e. The molecule has 1 heterocycles. The molecule has 0 radical (unpaired) electrons. The number of nitrogens with one attached hydrogen (secondary N) is 1. The maximum atomic E-state index is 11.6. The average molecular weight is 212 g/mol. The van der Waals surface area contributed by atoms with E-state index in [2.05, 4.69) is 19.2 Å². The SMILES string of the molecule is CC1(C)CC1NC(=O)N1CC(C(=O)O)C1. The highest BCUT2D eigenvalue weighted by atomic mass is 16.4. The van der Waals surface area contributed by atoms with Crippen molar-refractivity contribution in [3.8, 4) is 0 Å². The molecule has 0 aromatic carbocycles. The van der Waals surface area contributed by atoms with Crippen LogP contribution in [0, 0.1) is 11.3 Å². The van der Waals surface area contributed by atoms with Gasteiger partial charge in [0.2, 0.25) is 0 Å². The van der Waals surface area contributed by atoms with Crippen LogP contribution in [0.5, 0.6) is 0 Å². The Kier molecular flexibility index (Phi) is 2.13. The normalized spacial score (nSPS) is 28.1. The molecule has 1 aliphatic carbocycles. The van der Waals surface area contributed by atoms with E-state index in [1.807, 2.05) is 0 Å². The third kappa shape index (κ3) is 1.91. The molecule has 2 aliphatic rings. The van der Waals surface area contributed by atoms with E-state index in [-0.39, 0.29) is 23.4 Å². The minimum Gasteiger partial charge on any atom is -0.481 e. The lowest BCUT2D eigenvalue weighted by atomic mass is 10.0. The van der Waals surface area contributed by atoms with Gasteiger partial charge in [0.15, 0.2) is 0 Å². The molecule has 2 fully saturated rings. The molecule has 1 aliphatic heterocycles. The number of carboxylic acids is 1. The Morgan fingerprint density at radius 3 is 2.33 bits per heavy atom. The molecule has 2 rings (SSSR count). The van der Waals surface area contributed by atoms with Gasteiger partial charge in [0.05, 0.1) is 5.92 Å². The fraction of sp³-hybridized carbons (Fsp3) is 0.800. The van der Waals surface area contributed by atoms with E-state index in [0.29, 0.717) is 13.1 Å². The first-order valence-corrected chi connectivity index (χ1v) is 5.18. The van der Waals surface area contributed by atoms with Gasteiger partial charge in [-0.2, -0.15) is 0 Å². The molecule has 1 unspecified atom stereocenters. The summed E-state index contributed by atoms with van der Waals surface area (Å²) in [5.41, 5.74) is 0.215. The number of rotatable bonds is 2. The standard InChI is InChI=1S/C10H16N2O3/c1-10(2)3-7(10)11-9(15)12-4-6(5-12)8(13)14/h6-7H,3-5H2,1-2H3,(H,11,15)(H,13,14). The van der Waals surface area contributed by atoms with Crippen LogP contribution in [0.15, 0.2) is 0 Å². The number of carboxylic acid groups (broad SMARTS) is 1. The van der Waals surface area contributed by atoms with Gasteiger partial charge in [-0.3, -0.25) is 4.79 Å². The Labute approximate surface area is 88.4 Å². The van der Waals surface area contributed by atoms with Crippen LogP contribution in [0.25, 0.3) is 0 Å². The Morgan fingerprint density at radius 1 is 1.40 bits per heavy atom. The second kappa shape index (κ2) is 3.12. The molecule has 2 N–H and O–H groups in total. The summed E-state index contributed by atoms with van der Waals surface area (Å²) in [4.78, 5) is 23.6. The monoisotopic (exact) mass is 212 g/mol. The molecular formula is C10H16N2O3.